The number of carbonyl (C=O) groups is 5. The maximum absolute atomic E-state index is 13.1. The van der Waals surface area contributed by atoms with Gasteiger partial charge in [-0.05, 0) is 75.4 Å². The number of ether oxygens (including phenoxy) is 1. The molecule has 2 fully saturated rings. The molecule has 2 saturated heterocycles. The molecule has 1 atom stereocenters. The maximum Gasteiger partial charge on any atom is 0.323 e. The Kier molecular flexibility index (Phi) is 12.4. The Morgan fingerprint density at radius 2 is 1.69 bits per heavy atom. The van der Waals surface area contributed by atoms with Gasteiger partial charge in [-0.15, -0.1) is 0 Å². The molecule has 3 aliphatic heterocycles. The fourth-order valence-electron chi connectivity index (χ4n) is 7.54. The number of urea groups is 1. The molecular weight excluding hydrogens is 753 g/mol. The van der Waals surface area contributed by atoms with E-state index >= 15 is 0 Å². The van der Waals surface area contributed by atoms with Gasteiger partial charge < -0.3 is 30.5 Å². The molecule has 6 heterocycles. The molecular formula is C43H56N10O6. The largest absolute Gasteiger partial charge is 0.443 e. The van der Waals surface area contributed by atoms with E-state index in [4.69, 9.17) is 4.74 Å². The lowest BCUT2D eigenvalue weighted by atomic mass is 9.89. The SMILES string of the molecule is CC(C)(C)C(=O)OCN1C(=O)CCC(N2Cc3cc(N4CCNCC4)ccc3C2=O)C1=O.Cc1cc(NC(=O)Nc2cnc3ccnn3c2C(C)C)cnc1C(C)(C)C. The van der Waals surface area contributed by atoms with E-state index in [1.54, 1.807) is 48.8 Å². The highest BCUT2D eigenvalue weighted by atomic mass is 16.5. The molecule has 3 aliphatic rings. The number of piperidine rings is 1. The number of aromatic nitrogens is 4. The van der Waals surface area contributed by atoms with Gasteiger partial charge in [0.05, 0.1) is 41.1 Å². The van der Waals surface area contributed by atoms with Crippen LogP contribution in [-0.4, -0.2) is 98.1 Å². The van der Waals surface area contributed by atoms with Gasteiger partial charge in [0.2, 0.25) is 5.91 Å². The molecule has 1 aromatic carbocycles. The molecule has 3 N–H and O–H groups in total. The van der Waals surface area contributed by atoms with Crippen LogP contribution >= 0.6 is 0 Å². The van der Waals surface area contributed by atoms with Crippen LogP contribution in [0.5, 0.6) is 0 Å². The molecule has 1 unspecified atom stereocenters. The summed E-state index contributed by atoms with van der Waals surface area (Å²) in [5.74, 6) is -1.42. The van der Waals surface area contributed by atoms with Crippen molar-refractivity contribution in [1.82, 2.24) is 34.7 Å². The number of pyridine rings is 1. The zero-order chi connectivity index (χ0) is 42.8. The summed E-state index contributed by atoms with van der Waals surface area (Å²) in [4.78, 5) is 76.8. The van der Waals surface area contributed by atoms with Crippen molar-refractivity contribution < 1.29 is 28.7 Å². The fraction of sp³-hybridized carbons (Fsp3) is 0.488. The zero-order valence-electron chi connectivity index (χ0n) is 35.5. The number of carbonyl (C=O) groups excluding carboxylic acids is 5. The Bertz CT molecular complexity index is 2250. The van der Waals surface area contributed by atoms with Crippen molar-refractivity contribution >= 4 is 52.4 Å². The van der Waals surface area contributed by atoms with Gasteiger partial charge in [-0.3, -0.25) is 24.2 Å². The van der Waals surface area contributed by atoms with Gasteiger partial charge >= 0.3 is 12.0 Å². The average Bonchev–Trinajstić information content (AvgIpc) is 3.78. The molecule has 3 aromatic heterocycles. The molecule has 59 heavy (non-hydrogen) atoms. The van der Waals surface area contributed by atoms with Crippen LogP contribution in [0.4, 0.5) is 21.9 Å². The third-order valence-corrected chi connectivity index (χ3v) is 10.5. The van der Waals surface area contributed by atoms with Crippen molar-refractivity contribution in [2.24, 2.45) is 5.41 Å². The van der Waals surface area contributed by atoms with Crippen LogP contribution in [0.1, 0.15) is 107 Å². The first kappa shape index (κ1) is 42.7. The maximum atomic E-state index is 13.1. The fourth-order valence-corrected chi connectivity index (χ4v) is 7.54. The molecule has 0 spiro atoms. The zero-order valence-corrected chi connectivity index (χ0v) is 35.5. The molecule has 4 aromatic rings. The summed E-state index contributed by atoms with van der Waals surface area (Å²) in [6, 6.07) is 8.50. The minimum Gasteiger partial charge on any atom is -0.443 e. The number of piperazine rings is 1. The molecule has 5 amide bonds. The second-order valence-electron chi connectivity index (χ2n) is 17.6. The van der Waals surface area contributed by atoms with Crippen molar-refractivity contribution in [3.63, 3.8) is 0 Å². The number of hydrogen-bond donors (Lipinski definition) is 3. The Morgan fingerprint density at radius 3 is 2.36 bits per heavy atom. The molecule has 0 bridgehead atoms. The van der Waals surface area contributed by atoms with Gasteiger partial charge in [-0.1, -0.05) is 34.6 Å². The summed E-state index contributed by atoms with van der Waals surface area (Å²) < 4.78 is 6.95. The van der Waals surface area contributed by atoms with Crippen LogP contribution in [0.3, 0.4) is 0 Å². The minimum atomic E-state index is -0.747. The number of imide groups is 1. The number of hydrogen-bond acceptors (Lipinski definition) is 11. The van der Waals surface area contributed by atoms with Crippen LogP contribution in [0.15, 0.2) is 48.9 Å². The predicted octanol–water partition coefficient (Wildman–Crippen LogP) is 5.61. The summed E-state index contributed by atoms with van der Waals surface area (Å²) in [5, 5.41) is 13.4. The van der Waals surface area contributed by atoms with Crippen molar-refractivity contribution in [3.05, 3.63) is 77.0 Å². The molecule has 7 rings (SSSR count). The smallest absolute Gasteiger partial charge is 0.323 e. The van der Waals surface area contributed by atoms with E-state index in [0.29, 0.717) is 23.5 Å². The van der Waals surface area contributed by atoms with Crippen LogP contribution in [0.25, 0.3) is 5.65 Å². The number of esters is 1. The quantitative estimate of drug-likeness (QED) is 0.156. The van der Waals surface area contributed by atoms with Crippen molar-refractivity contribution in [1.29, 1.82) is 0 Å². The van der Waals surface area contributed by atoms with E-state index in [9.17, 15) is 24.0 Å². The molecule has 0 aliphatic carbocycles. The van der Waals surface area contributed by atoms with Gasteiger partial charge in [0.15, 0.2) is 12.4 Å². The summed E-state index contributed by atoms with van der Waals surface area (Å²) in [6.07, 6.45) is 5.44. The summed E-state index contributed by atoms with van der Waals surface area (Å²) in [5.41, 5.74) is 6.78. The topological polar surface area (TPSA) is 183 Å². The number of benzene rings is 1. The first-order valence-corrected chi connectivity index (χ1v) is 20.1. The van der Waals surface area contributed by atoms with Gasteiger partial charge in [-0.25, -0.2) is 19.2 Å². The van der Waals surface area contributed by atoms with E-state index in [1.807, 2.05) is 37.3 Å². The number of likely N-dealkylation sites (tertiary alicyclic amines) is 1. The Labute approximate surface area is 345 Å². The predicted molar refractivity (Wildman–Crippen MR) is 224 cm³/mol. The number of amides is 5. The molecule has 0 radical (unpaired) electrons. The lowest BCUT2D eigenvalue weighted by Crippen LogP contribution is -2.55. The third-order valence-electron chi connectivity index (χ3n) is 10.5. The Hall–Kier alpha value is -5.90. The third kappa shape index (κ3) is 9.54. The summed E-state index contributed by atoms with van der Waals surface area (Å²) in [7, 11) is 0. The monoisotopic (exact) mass is 808 g/mol. The summed E-state index contributed by atoms with van der Waals surface area (Å²) in [6.45, 7) is 21.1. The van der Waals surface area contributed by atoms with Crippen LogP contribution in [-0.2, 0) is 31.1 Å². The number of nitrogens with zero attached hydrogens (tertiary/aromatic N) is 7. The first-order valence-electron chi connectivity index (χ1n) is 20.1. The van der Waals surface area contributed by atoms with Crippen molar-refractivity contribution in [2.45, 2.75) is 99.1 Å². The average molecular weight is 809 g/mol. The van der Waals surface area contributed by atoms with Crippen molar-refractivity contribution in [2.75, 3.05) is 48.4 Å². The second-order valence-corrected chi connectivity index (χ2v) is 17.6. The van der Waals surface area contributed by atoms with E-state index < -0.39 is 36.0 Å². The van der Waals surface area contributed by atoms with Crippen LogP contribution in [0, 0.1) is 12.3 Å². The van der Waals surface area contributed by atoms with Crippen molar-refractivity contribution in [3.8, 4) is 0 Å². The molecule has 0 saturated carbocycles. The van der Waals surface area contributed by atoms with E-state index in [1.165, 1.54) is 0 Å². The van der Waals surface area contributed by atoms with Crippen LogP contribution in [0.2, 0.25) is 0 Å². The number of rotatable bonds is 7. The van der Waals surface area contributed by atoms with E-state index in [-0.39, 0.29) is 36.1 Å². The highest BCUT2D eigenvalue weighted by Crippen LogP contribution is 2.32. The molecule has 16 heteroatoms. The summed E-state index contributed by atoms with van der Waals surface area (Å²) >= 11 is 0. The number of nitrogens with one attached hydrogen (secondary N) is 3. The van der Waals surface area contributed by atoms with Gasteiger partial charge in [-0.2, -0.15) is 5.10 Å². The van der Waals surface area contributed by atoms with Gasteiger partial charge in [0.1, 0.15) is 6.04 Å². The molecule has 16 nitrogen and oxygen atoms in total. The number of anilines is 3. The van der Waals surface area contributed by atoms with Gasteiger partial charge in [0.25, 0.3) is 11.8 Å². The lowest BCUT2D eigenvalue weighted by molar-refractivity contribution is -0.168. The standard InChI is InChI=1S/C23H30N4O5.C20H26N6O/c1-23(2,3)22(31)32-14-27-19(28)7-6-18(21(27)30)26-13-15-12-16(4-5-17(15)20(26)29)25-10-8-24-9-11-25;1-12(2)17-15(11-21-16-7-8-23-26(16)17)25-19(27)24-14-9-13(3)18(22-10-14)20(4,5)6/h4-5,12,18,24H,6-11,13-14H2,1-3H3;7-12H,1-6H3,(H2,24,25,27). The first-order chi connectivity index (χ1) is 27.8. The Balaban J connectivity index is 0.000000201. The van der Waals surface area contributed by atoms with Crippen LogP contribution < -0.4 is 20.9 Å². The number of fused-ring (bicyclic) bond motifs is 2. The lowest BCUT2D eigenvalue weighted by Gasteiger charge is -2.35. The van der Waals surface area contributed by atoms with E-state index in [2.05, 4.69) is 70.5 Å². The highest BCUT2D eigenvalue weighted by Gasteiger charge is 2.43. The second kappa shape index (κ2) is 17.1. The Morgan fingerprint density at radius 1 is 0.966 bits per heavy atom. The van der Waals surface area contributed by atoms with E-state index in [0.717, 1.165) is 64.9 Å². The van der Waals surface area contributed by atoms with Gasteiger partial charge in [0, 0.05) is 67.6 Å². The minimum absolute atomic E-state index is 0.0398. The normalized spacial score (nSPS) is 17.2. The molecule has 314 valence electrons. The number of aryl methyl sites for hydroxylation is 1. The highest BCUT2D eigenvalue weighted by molar-refractivity contribution is 6.05.